The Morgan fingerprint density at radius 1 is 1.50 bits per heavy atom. The maximum absolute atomic E-state index is 11.3. The standard InChI is InChI=1S/C12H16ClN5O2/c1-3-4-5-17-11(13)9(8(2)16-17)6-14-18-7-10(19)15-12(18)20/h6H,3-5,7H2,1-2H3,(H,15,19,20). The SMILES string of the molecule is CCCCn1nc(C)c(C=NN2CC(=O)NC2=O)c1Cl. The summed E-state index contributed by atoms with van der Waals surface area (Å²) in [6, 6.07) is -0.529. The van der Waals surface area contributed by atoms with Crippen LogP contribution in [0.3, 0.4) is 0 Å². The summed E-state index contributed by atoms with van der Waals surface area (Å²) in [5, 5.41) is 12.0. The highest BCUT2D eigenvalue weighted by molar-refractivity contribution is 6.32. The van der Waals surface area contributed by atoms with Crippen molar-refractivity contribution in [2.24, 2.45) is 5.10 Å². The van der Waals surface area contributed by atoms with Crippen molar-refractivity contribution in [3.05, 3.63) is 16.4 Å². The van der Waals surface area contributed by atoms with Gasteiger partial charge in [0.2, 0.25) is 5.91 Å². The molecular weight excluding hydrogens is 282 g/mol. The Balaban J connectivity index is 2.15. The summed E-state index contributed by atoms with van der Waals surface area (Å²) >= 11 is 6.24. The van der Waals surface area contributed by atoms with E-state index in [4.69, 9.17) is 11.6 Å². The third kappa shape index (κ3) is 2.98. The summed E-state index contributed by atoms with van der Waals surface area (Å²) in [6.07, 6.45) is 3.50. The normalized spacial score (nSPS) is 15.4. The van der Waals surface area contributed by atoms with Gasteiger partial charge in [-0.15, -0.1) is 0 Å². The van der Waals surface area contributed by atoms with Gasteiger partial charge in [0.15, 0.2) is 0 Å². The molecule has 0 aromatic carbocycles. The number of hydrazone groups is 1. The van der Waals surface area contributed by atoms with Crippen molar-refractivity contribution in [2.75, 3.05) is 6.54 Å². The molecule has 1 aromatic rings. The van der Waals surface area contributed by atoms with Gasteiger partial charge in [0.25, 0.3) is 0 Å². The van der Waals surface area contributed by atoms with Gasteiger partial charge in [-0.2, -0.15) is 10.2 Å². The smallest absolute Gasteiger partial charge is 0.275 e. The van der Waals surface area contributed by atoms with Gasteiger partial charge in [-0.05, 0) is 13.3 Å². The first-order valence-corrected chi connectivity index (χ1v) is 6.79. The number of nitrogens with zero attached hydrogens (tertiary/aromatic N) is 4. The first-order valence-electron chi connectivity index (χ1n) is 6.41. The minimum Gasteiger partial charge on any atom is -0.275 e. The number of rotatable bonds is 5. The van der Waals surface area contributed by atoms with Crippen LogP contribution in [0.2, 0.25) is 5.15 Å². The van der Waals surface area contributed by atoms with E-state index in [0.29, 0.717) is 10.7 Å². The number of carbonyl (C=O) groups is 2. The van der Waals surface area contributed by atoms with Crippen LogP contribution in [0.5, 0.6) is 0 Å². The monoisotopic (exact) mass is 297 g/mol. The molecule has 1 N–H and O–H groups in total. The van der Waals surface area contributed by atoms with Crippen molar-refractivity contribution in [2.45, 2.75) is 33.2 Å². The molecule has 8 heteroatoms. The molecule has 2 heterocycles. The molecule has 0 aliphatic carbocycles. The second kappa shape index (κ2) is 6.04. The lowest BCUT2D eigenvalue weighted by Gasteiger charge is -2.04. The van der Waals surface area contributed by atoms with E-state index in [1.807, 2.05) is 6.92 Å². The van der Waals surface area contributed by atoms with Gasteiger partial charge in [-0.25, -0.2) is 9.80 Å². The Hall–Kier alpha value is -1.89. The average molecular weight is 298 g/mol. The first-order chi connectivity index (χ1) is 9.52. The molecule has 1 fully saturated rings. The minimum absolute atomic E-state index is 0.0734. The molecule has 20 heavy (non-hydrogen) atoms. The second-order valence-electron chi connectivity index (χ2n) is 4.52. The molecule has 2 rings (SSSR count). The second-order valence-corrected chi connectivity index (χ2v) is 4.88. The molecule has 1 saturated heterocycles. The molecule has 108 valence electrons. The largest absolute Gasteiger partial charge is 0.344 e. The molecule has 0 unspecified atom stereocenters. The molecule has 1 aliphatic rings. The van der Waals surface area contributed by atoms with Gasteiger partial charge in [-0.1, -0.05) is 24.9 Å². The number of unbranched alkanes of at least 4 members (excludes halogenated alkanes) is 1. The van der Waals surface area contributed by atoms with Gasteiger partial charge < -0.3 is 0 Å². The molecular formula is C12H16ClN5O2. The summed E-state index contributed by atoms with van der Waals surface area (Å²) in [5.74, 6) is -0.367. The van der Waals surface area contributed by atoms with Crippen LogP contribution >= 0.6 is 11.6 Å². The number of urea groups is 1. The van der Waals surface area contributed by atoms with E-state index in [9.17, 15) is 9.59 Å². The van der Waals surface area contributed by atoms with Gasteiger partial charge in [-0.3, -0.25) is 14.8 Å². The van der Waals surface area contributed by atoms with Gasteiger partial charge >= 0.3 is 6.03 Å². The van der Waals surface area contributed by atoms with Gasteiger partial charge in [0.1, 0.15) is 11.7 Å². The number of aryl methyl sites for hydroxylation is 2. The summed E-state index contributed by atoms with van der Waals surface area (Å²) in [7, 11) is 0. The summed E-state index contributed by atoms with van der Waals surface area (Å²) in [6.45, 7) is 4.59. The van der Waals surface area contributed by atoms with Crippen molar-refractivity contribution >= 4 is 29.8 Å². The van der Waals surface area contributed by atoms with Crippen molar-refractivity contribution in [3.63, 3.8) is 0 Å². The van der Waals surface area contributed by atoms with Crippen molar-refractivity contribution in [1.29, 1.82) is 0 Å². The maximum Gasteiger partial charge on any atom is 0.344 e. The van der Waals surface area contributed by atoms with E-state index < -0.39 is 6.03 Å². The molecule has 0 saturated carbocycles. The van der Waals surface area contributed by atoms with Crippen molar-refractivity contribution < 1.29 is 9.59 Å². The summed E-state index contributed by atoms with van der Waals surface area (Å²) < 4.78 is 1.72. The van der Waals surface area contributed by atoms with Crippen LogP contribution < -0.4 is 5.32 Å². The Bertz CT molecular complexity index is 566. The zero-order chi connectivity index (χ0) is 14.7. The minimum atomic E-state index is -0.529. The maximum atomic E-state index is 11.3. The van der Waals surface area contributed by atoms with Gasteiger partial charge in [0, 0.05) is 6.54 Å². The van der Waals surface area contributed by atoms with Crippen LogP contribution in [0.4, 0.5) is 4.79 Å². The number of imide groups is 1. The van der Waals surface area contributed by atoms with E-state index in [0.717, 1.165) is 30.1 Å². The predicted molar refractivity (Wildman–Crippen MR) is 74.7 cm³/mol. The Morgan fingerprint density at radius 2 is 2.25 bits per heavy atom. The fraction of sp³-hybridized carbons (Fsp3) is 0.500. The molecule has 0 spiro atoms. The lowest BCUT2D eigenvalue weighted by molar-refractivity contribution is -0.118. The van der Waals surface area contributed by atoms with Crippen LogP contribution in [0, 0.1) is 6.92 Å². The number of carbonyl (C=O) groups excluding carboxylic acids is 2. The number of aromatic nitrogens is 2. The van der Waals surface area contributed by atoms with E-state index in [2.05, 4.69) is 22.4 Å². The predicted octanol–water partition coefficient (Wildman–Crippen LogP) is 1.53. The van der Waals surface area contributed by atoms with Crippen LogP contribution in [-0.4, -0.2) is 39.5 Å². The summed E-state index contributed by atoms with van der Waals surface area (Å²) in [4.78, 5) is 22.4. The zero-order valence-electron chi connectivity index (χ0n) is 11.4. The van der Waals surface area contributed by atoms with Crippen LogP contribution in [0.25, 0.3) is 0 Å². The quantitative estimate of drug-likeness (QED) is 0.661. The molecule has 1 aliphatic heterocycles. The average Bonchev–Trinajstić information content (AvgIpc) is 2.85. The molecule has 7 nitrogen and oxygen atoms in total. The topological polar surface area (TPSA) is 79.6 Å². The zero-order valence-corrected chi connectivity index (χ0v) is 12.1. The van der Waals surface area contributed by atoms with E-state index >= 15 is 0 Å². The fourth-order valence-corrected chi connectivity index (χ4v) is 2.13. The molecule has 1 aromatic heterocycles. The van der Waals surface area contributed by atoms with E-state index in [1.165, 1.54) is 6.21 Å². The molecule has 0 radical (unpaired) electrons. The summed E-state index contributed by atoms with van der Waals surface area (Å²) in [5.41, 5.74) is 1.40. The Kier molecular flexibility index (Phi) is 4.39. The number of hydrogen-bond acceptors (Lipinski definition) is 4. The number of hydrogen-bond donors (Lipinski definition) is 1. The van der Waals surface area contributed by atoms with E-state index in [-0.39, 0.29) is 12.5 Å². The molecule has 0 atom stereocenters. The van der Waals surface area contributed by atoms with Gasteiger partial charge in [0.05, 0.1) is 17.5 Å². The highest BCUT2D eigenvalue weighted by Gasteiger charge is 2.26. The van der Waals surface area contributed by atoms with Crippen molar-refractivity contribution in [3.8, 4) is 0 Å². The lowest BCUT2D eigenvalue weighted by atomic mass is 10.3. The number of halogens is 1. The van der Waals surface area contributed by atoms with Crippen LogP contribution in [0.1, 0.15) is 31.0 Å². The molecule has 0 bridgehead atoms. The van der Waals surface area contributed by atoms with Crippen LogP contribution in [-0.2, 0) is 11.3 Å². The number of nitrogens with one attached hydrogen (secondary N) is 1. The Labute approximate surface area is 121 Å². The van der Waals surface area contributed by atoms with Crippen LogP contribution in [0.15, 0.2) is 5.10 Å². The third-order valence-corrected chi connectivity index (χ3v) is 3.33. The first kappa shape index (κ1) is 14.5. The highest BCUT2D eigenvalue weighted by Crippen LogP contribution is 2.18. The number of amides is 3. The Morgan fingerprint density at radius 3 is 2.85 bits per heavy atom. The van der Waals surface area contributed by atoms with E-state index in [1.54, 1.807) is 4.68 Å². The third-order valence-electron chi connectivity index (χ3n) is 2.93. The molecule has 3 amide bonds. The lowest BCUT2D eigenvalue weighted by Crippen LogP contribution is -2.24. The fourth-order valence-electron chi connectivity index (χ4n) is 1.82. The highest BCUT2D eigenvalue weighted by atomic mass is 35.5. The van der Waals surface area contributed by atoms with Crippen molar-refractivity contribution in [1.82, 2.24) is 20.1 Å².